The van der Waals surface area contributed by atoms with Crippen molar-refractivity contribution in [2.75, 3.05) is 18.9 Å². The Balaban J connectivity index is 1.97. The molecule has 124 valence electrons. The lowest BCUT2D eigenvalue weighted by atomic mass is 10.2. The third-order valence-electron chi connectivity index (χ3n) is 3.07. The number of carbonyl (C=O) groups is 1. The highest BCUT2D eigenvalue weighted by Crippen LogP contribution is 2.36. The van der Waals surface area contributed by atoms with E-state index in [4.69, 9.17) is 16.0 Å². The molecule has 2 N–H and O–H groups in total. The Morgan fingerprint density at radius 1 is 1.35 bits per heavy atom. The lowest BCUT2D eigenvalue weighted by Crippen LogP contribution is -3.08. The maximum atomic E-state index is 12.8. The standard InChI is InChI=1S/C15H14ClF3N2O2/c1-21(8-11-3-2-6-23-11)9-14(22)20-10-4-5-13(16)12(7-10)15(17,18)19/h2-7H,8-9H2,1H3,(H,20,22)/p+1. The first-order valence-electron chi connectivity index (χ1n) is 6.76. The van der Waals surface area contributed by atoms with Crippen LogP contribution in [0.25, 0.3) is 0 Å². The fraction of sp³-hybridized carbons (Fsp3) is 0.267. The number of hydrogen-bond acceptors (Lipinski definition) is 2. The van der Waals surface area contributed by atoms with Crippen LogP contribution in [0, 0.1) is 0 Å². The topological polar surface area (TPSA) is 46.7 Å². The molecule has 1 atom stereocenters. The fourth-order valence-corrected chi connectivity index (χ4v) is 2.30. The number of anilines is 1. The van der Waals surface area contributed by atoms with Crippen LogP contribution in [0.4, 0.5) is 18.9 Å². The zero-order valence-corrected chi connectivity index (χ0v) is 13.0. The Morgan fingerprint density at radius 2 is 2.09 bits per heavy atom. The van der Waals surface area contributed by atoms with E-state index in [-0.39, 0.29) is 12.2 Å². The van der Waals surface area contributed by atoms with E-state index < -0.39 is 22.7 Å². The summed E-state index contributed by atoms with van der Waals surface area (Å²) < 4.78 is 43.5. The zero-order chi connectivity index (χ0) is 17.0. The van der Waals surface area contributed by atoms with Gasteiger partial charge < -0.3 is 14.6 Å². The molecule has 4 nitrogen and oxygen atoms in total. The predicted molar refractivity (Wildman–Crippen MR) is 79.2 cm³/mol. The molecule has 0 saturated heterocycles. The van der Waals surface area contributed by atoms with Gasteiger partial charge in [0.2, 0.25) is 0 Å². The van der Waals surface area contributed by atoms with E-state index in [1.807, 2.05) is 0 Å². The van der Waals surface area contributed by atoms with E-state index in [0.717, 1.165) is 22.8 Å². The molecule has 0 aliphatic carbocycles. The Hall–Kier alpha value is -1.99. The van der Waals surface area contributed by atoms with Gasteiger partial charge in [-0.25, -0.2) is 0 Å². The maximum absolute atomic E-state index is 12.8. The summed E-state index contributed by atoms with van der Waals surface area (Å²) in [6.45, 7) is 0.583. The number of amides is 1. The van der Waals surface area contributed by atoms with Crippen LogP contribution < -0.4 is 10.2 Å². The van der Waals surface area contributed by atoms with E-state index in [1.165, 1.54) is 12.3 Å². The van der Waals surface area contributed by atoms with Crippen molar-refractivity contribution in [2.45, 2.75) is 12.7 Å². The predicted octanol–water partition coefficient (Wildman–Crippen LogP) is 2.61. The third-order valence-corrected chi connectivity index (χ3v) is 3.40. The number of likely N-dealkylation sites (N-methyl/N-ethyl adjacent to an activating group) is 1. The second kappa shape index (κ2) is 7.06. The third kappa shape index (κ3) is 5.01. The highest BCUT2D eigenvalue weighted by molar-refractivity contribution is 6.31. The van der Waals surface area contributed by atoms with Gasteiger partial charge >= 0.3 is 6.18 Å². The number of carbonyl (C=O) groups excluding carboxylic acids is 1. The van der Waals surface area contributed by atoms with Crippen LogP contribution in [0.1, 0.15) is 11.3 Å². The van der Waals surface area contributed by atoms with Gasteiger partial charge in [-0.05, 0) is 30.3 Å². The molecule has 0 aliphatic heterocycles. The maximum Gasteiger partial charge on any atom is 0.417 e. The van der Waals surface area contributed by atoms with Crippen LogP contribution in [-0.2, 0) is 17.5 Å². The summed E-state index contributed by atoms with van der Waals surface area (Å²) in [4.78, 5) is 12.8. The lowest BCUT2D eigenvalue weighted by Gasteiger charge is -2.14. The molecular formula is C15H15ClF3N2O2+. The number of quaternary nitrogens is 1. The van der Waals surface area contributed by atoms with Crippen LogP contribution in [-0.4, -0.2) is 19.5 Å². The Morgan fingerprint density at radius 3 is 2.70 bits per heavy atom. The van der Waals surface area contributed by atoms with Gasteiger partial charge in [0.25, 0.3) is 5.91 Å². The molecule has 1 aromatic carbocycles. The van der Waals surface area contributed by atoms with Gasteiger partial charge in [-0.3, -0.25) is 4.79 Å². The number of benzene rings is 1. The number of furan rings is 1. The zero-order valence-electron chi connectivity index (χ0n) is 12.2. The van der Waals surface area contributed by atoms with Gasteiger partial charge in [0.15, 0.2) is 12.3 Å². The average Bonchev–Trinajstić information content (AvgIpc) is 2.92. The number of rotatable bonds is 5. The summed E-state index contributed by atoms with van der Waals surface area (Å²) in [7, 11) is 1.78. The number of halogens is 4. The molecule has 0 radical (unpaired) electrons. The molecule has 0 bridgehead atoms. The van der Waals surface area contributed by atoms with Gasteiger partial charge in [-0.1, -0.05) is 11.6 Å². The monoisotopic (exact) mass is 347 g/mol. The molecule has 1 unspecified atom stereocenters. The Labute approximate surface area is 135 Å². The van der Waals surface area contributed by atoms with E-state index in [1.54, 1.807) is 19.2 Å². The Bertz CT molecular complexity index is 672. The van der Waals surface area contributed by atoms with Gasteiger partial charge in [0.05, 0.1) is 23.9 Å². The van der Waals surface area contributed by atoms with Crippen molar-refractivity contribution in [2.24, 2.45) is 0 Å². The van der Waals surface area contributed by atoms with Crippen molar-refractivity contribution in [1.82, 2.24) is 0 Å². The fourth-order valence-electron chi connectivity index (χ4n) is 2.07. The highest BCUT2D eigenvalue weighted by atomic mass is 35.5. The minimum atomic E-state index is -4.57. The summed E-state index contributed by atoms with van der Waals surface area (Å²) in [6.07, 6.45) is -3.03. The van der Waals surface area contributed by atoms with Crippen molar-refractivity contribution < 1.29 is 27.3 Å². The molecule has 1 aromatic heterocycles. The lowest BCUT2D eigenvalue weighted by molar-refractivity contribution is -0.886. The second-order valence-corrected chi connectivity index (χ2v) is 5.54. The highest BCUT2D eigenvalue weighted by Gasteiger charge is 2.33. The molecule has 1 heterocycles. The Kier molecular flexibility index (Phi) is 5.33. The van der Waals surface area contributed by atoms with E-state index in [9.17, 15) is 18.0 Å². The van der Waals surface area contributed by atoms with Crippen LogP contribution >= 0.6 is 11.6 Å². The molecule has 1 amide bonds. The molecule has 8 heteroatoms. The van der Waals surface area contributed by atoms with Crippen LogP contribution in [0.3, 0.4) is 0 Å². The van der Waals surface area contributed by atoms with E-state index in [0.29, 0.717) is 6.54 Å². The summed E-state index contributed by atoms with van der Waals surface area (Å²) in [6, 6.07) is 6.80. The van der Waals surface area contributed by atoms with Crippen LogP contribution in [0.5, 0.6) is 0 Å². The smallest absolute Gasteiger partial charge is 0.417 e. The van der Waals surface area contributed by atoms with Crippen LogP contribution in [0.2, 0.25) is 5.02 Å². The van der Waals surface area contributed by atoms with E-state index >= 15 is 0 Å². The van der Waals surface area contributed by atoms with Crippen LogP contribution in [0.15, 0.2) is 41.0 Å². The van der Waals surface area contributed by atoms with Gasteiger partial charge in [0, 0.05) is 5.69 Å². The van der Waals surface area contributed by atoms with Crippen molar-refractivity contribution in [3.63, 3.8) is 0 Å². The summed E-state index contributed by atoms with van der Waals surface area (Å²) in [5, 5.41) is 2.04. The van der Waals surface area contributed by atoms with Gasteiger partial charge in [0.1, 0.15) is 6.54 Å². The molecule has 23 heavy (non-hydrogen) atoms. The average molecular weight is 348 g/mol. The summed E-state index contributed by atoms with van der Waals surface area (Å²) in [5.41, 5.74) is -0.925. The molecule has 2 aromatic rings. The number of alkyl halides is 3. The first-order chi connectivity index (χ1) is 10.8. The second-order valence-electron chi connectivity index (χ2n) is 5.13. The van der Waals surface area contributed by atoms with Crippen molar-refractivity contribution in [1.29, 1.82) is 0 Å². The molecule has 0 saturated carbocycles. The van der Waals surface area contributed by atoms with Crippen molar-refractivity contribution in [3.8, 4) is 0 Å². The number of hydrogen-bond donors (Lipinski definition) is 2. The summed E-state index contributed by atoms with van der Waals surface area (Å²) >= 11 is 5.53. The first kappa shape index (κ1) is 17.4. The molecular weight excluding hydrogens is 333 g/mol. The largest absolute Gasteiger partial charge is 0.463 e. The van der Waals surface area contributed by atoms with E-state index in [2.05, 4.69) is 5.32 Å². The quantitative estimate of drug-likeness (QED) is 0.873. The van der Waals surface area contributed by atoms with Crippen molar-refractivity contribution >= 4 is 23.2 Å². The SMILES string of the molecule is C[NH+](CC(=O)Nc1ccc(Cl)c(C(F)(F)F)c1)Cc1ccco1. The summed E-state index contributed by atoms with van der Waals surface area (Å²) in [5.74, 6) is 0.325. The molecule has 0 aliphatic rings. The van der Waals surface area contributed by atoms with Gasteiger partial charge in [-0.15, -0.1) is 0 Å². The van der Waals surface area contributed by atoms with Crippen molar-refractivity contribution in [3.05, 3.63) is 52.9 Å². The molecule has 2 rings (SSSR count). The van der Waals surface area contributed by atoms with Gasteiger partial charge in [-0.2, -0.15) is 13.2 Å². The minimum absolute atomic E-state index is 0.0533. The normalized spacial score (nSPS) is 12.9. The molecule has 0 fully saturated rings. The number of nitrogens with one attached hydrogen (secondary N) is 2. The molecule has 0 spiro atoms. The first-order valence-corrected chi connectivity index (χ1v) is 7.14. The minimum Gasteiger partial charge on any atom is -0.463 e.